The minimum absolute atomic E-state index is 0. The van der Waals surface area contributed by atoms with Crippen LogP contribution in [0.15, 0.2) is 194 Å². The Labute approximate surface area is 804 Å². The van der Waals surface area contributed by atoms with Gasteiger partial charge in [-0.2, -0.15) is 0 Å². The summed E-state index contributed by atoms with van der Waals surface area (Å²) in [5.41, 5.74) is 24.5. The number of hydrogen-bond acceptors (Lipinski definition) is 14. The van der Waals surface area contributed by atoms with Gasteiger partial charge in [-0.05, 0) is 282 Å². The highest BCUT2D eigenvalue weighted by Crippen LogP contribution is 2.32. The molecule has 0 spiro atoms. The largest absolute Gasteiger partial charge is 1.00 e. The van der Waals surface area contributed by atoms with E-state index in [9.17, 15) is 51.1 Å². The van der Waals surface area contributed by atoms with Crippen LogP contribution in [0.4, 0.5) is 27.2 Å². The number of nitrogens with one attached hydrogen (secondary N) is 9. The highest BCUT2D eigenvalue weighted by atomic mass is 35.5. The Hall–Kier alpha value is -11.5. The van der Waals surface area contributed by atoms with E-state index in [2.05, 4.69) is 64.9 Å². The van der Waals surface area contributed by atoms with Crippen LogP contribution in [-0.4, -0.2) is 140 Å². The zero-order valence-electron chi connectivity index (χ0n) is 78.8. The summed E-state index contributed by atoms with van der Waals surface area (Å²) in [4.78, 5) is 95.6. The van der Waals surface area contributed by atoms with Crippen molar-refractivity contribution in [1.82, 2.24) is 58.8 Å². The van der Waals surface area contributed by atoms with Gasteiger partial charge >= 0.3 is 18.2 Å². The number of fused-ring (bicyclic) bond motifs is 4. The summed E-state index contributed by atoms with van der Waals surface area (Å²) in [7, 11) is 0. The molecule has 134 heavy (non-hydrogen) atoms. The molecule has 0 aliphatic heterocycles. The first-order valence-corrected chi connectivity index (χ1v) is 44.6. The van der Waals surface area contributed by atoms with Gasteiger partial charge in [-0.1, -0.05) is 104 Å². The van der Waals surface area contributed by atoms with Crippen LogP contribution in [0, 0.1) is 35.1 Å². The van der Waals surface area contributed by atoms with Crippen molar-refractivity contribution in [3.63, 3.8) is 0 Å². The third-order valence-corrected chi connectivity index (χ3v) is 21.2. The molecule has 8 atom stereocenters. The first-order chi connectivity index (χ1) is 61.4. The molecule has 4 unspecified atom stereocenters. The van der Waals surface area contributed by atoms with E-state index >= 15 is 0 Å². The Balaban J connectivity index is 0.000000352. The fourth-order valence-electron chi connectivity index (χ4n) is 13.6. The predicted molar refractivity (Wildman–Crippen MR) is 519 cm³/mol. The molecule has 0 radical (unpaired) electrons. The highest BCUT2D eigenvalue weighted by molar-refractivity contribution is 6.21. The van der Waals surface area contributed by atoms with Crippen molar-refractivity contribution in [1.29, 1.82) is 0 Å². The molecule has 0 saturated carbocycles. The molecule has 25 nitrogen and oxygen atoms in total. The highest BCUT2D eigenvalue weighted by Gasteiger charge is 2.25. The number of ether oxygens (including phenoxy) is 4. The maximum absolute atomic E-state index is 13.2. The van der Waals surface area contributed by atoms with Crippen molar-refractivity contribution >= 4 is 109 Å². The summed E-state index contributed by atoms with van der Waals surface area (Å²) in [5.74, 6) is -1.10. The average molecular weight is 1940 g/mol. The number of amides is 5. The second-order valence-corrected chi connectivity index (χ2v) is 37.3. The molecule has 0 aliphatic rings. The van der Waals surface area contributed by atoms with Crippen molar-refractivity contribution in [3.8, 4) is 50.4 Å². The van der Waals surface area contributed by atoms with E-state index in [0.717, 1.165) is 139 Å². The maximum Gasteiger partial charge on any atom is 0.407 e. The van der Waals surface area contributed by atoms with Gasteiger partial charge in [0.1, 0.15) is 57.2 Å². The van der Waals surface area contributed by atoms with Gasteiger partial charge in [-0.3, -0.25) is 24.0 Å². The van der Waals surface area contributed by atoms with Crippen LogP contribution >= 0.6 is 23.2 Å². The van der Waals surface area contributed by atoms with Crippen LogP contribution in [0.5, 0.6) is 5.88 Å². The van der Waals surface area contributed by atoms with Crippen molar-refractivity contribution in [2.24, 2.45) is 17.6 Å². The average Bonchev–Trinajstić information content (AvgIpc) is 1.67. The van der Waals surface area contributed by atoms with Crippen LogP contribution in [0.3, 0.4) is 0 Å². The van der Waals surface area contributed by atoms with Crippen molar-refractivity contribution in [2.75, 3.05) is 26.2 Å². The molecule has 0 bridgehead atoms. The fraction of sp³-hybridized carbons (Fsp3) is 0.376. The van der Waals surface area contributed by atoms with E-state index in [0.29, 0.717) is 74.1 Å². The number of carbonyl (C=O) groups excluding carboxylic acids is 7. The number of alkyl carbamates (subject to hydrolysis) is 2. The van der Waals surface area contributed by atoms with E-state index < -0.39 is 29.0 Å². The molecule has 12 rings (SSSR count). The van der Waals surface area contributed by atoms with Gasteiger partial charge in [-0.25, -0.2) is 27.2 Å². The van der Waals surface area contributed by atoms with Gasteiger partial charge in [0.25, 0.3) is 24.2 Å². The summed E-state index contributed by atoms with van der Waals surface area (Å²) in [6, 6.07) is 56.6. The van der Waals surface area contributed by atoms with E-state index in [1.54, 1.807) is 54.6 Å². The van der Waals surface area contributed by atoms with Crippen LogP contribution in [-0.2, 0) is 23.8 Å². The van der Waals surface area contributed by atoms with E-state index in [-0.39, 0.29) is 119 Å². The number of quaternary nitrogens is 2. The molecular weight excluding hydrogens is 1800 g/mol. The van der Waals surface area contributed by atoms with Gasteiger partial charge in [0, 0.05) is 101 Å². The van der Waals surface area contributed by atoms with Crippen molar-refractivity contribution < 1.29 is 106 Å². The molecule has 5 amide bonds. The number of aromatic amines is 4. The van der Waals surface area contributed by atoms with E-state index in [1.807, 2.05) is 181 Å². The minimum Gasteiger partial charge on any atom is -1.00 e. The minimum atomic E-state index is -0.521. The number of carbonyl (C=O) groups is 7. The van der Waals surface area contributed by atoms with Crippen molar-refractivity contribution in [3.05, 3.63) is 234 Å². The number of nitrogens with two attached hydrogens (primary N) is 1. The summed E-state index contributed by atoms with van der Waals surface area (Å²) in [6.45, 7) is 28.7. The molecule has 12 aromatic rings. The van der Waals surface area contributed by atoms with Gasteiger partial charge in [0.2, 0.25) is 5.88 Å². The number of rotatable bonds is 32. The van der Waals surface area contributed by atoms with Gasteiger partial charge in [0.05, 0.1) is 22.8 Å². The number of benzene rings is 8. The molecule has 33 heteroatoms. The van der Waals surface area contributed by atoms with Gasteiger partial charge < -0.3 is 120 Å². The number of hydrogen-bond donors (Lipinski definition) is 14. The lowest BCUT2D eigenvalue weighted by Crippen LogP contribution is -3.00. The fourth-order valence-corrected chi connectivity index (χ4v) is 14.0. The van der Waals surface area contributed by atoms with Gasteiger partial charge in [0.15, 0.2) is 0 Å². The predicted octanol–water partition coefficient (Wildman–Crippen LogP) is 14.3. The molecule has 0 fully saturated rings. The summed E-state index contributed by atoms with van der Waals surface area (Å²) < 4.78 is 72.9. The van der Waals surface area contributed by atoms with Crippen LogP contribution < -0.4 is 85.6 Å². The van der Waals surface area contributed by atoms with Crippen LogP contribution in [0.25, 0.3) is 88.1 Å². The Morgan fingerprint density at radius 3 is 0.985 bits per heavy atom. The zero-order valence-corrected chi connectivity index (χ0v) is 81.8. The second kappa shape index (κ2) is 54.7. The number of alkyl halides is 2. The Bertz CT molecular complexity index is 5530. The van der Waals surface area contributed by atoms with Crippen molar-refractivity contribution in [2.45, 2.75) is 206 Å². The van der Waals surface area contributed by atoms with E-state index in [4.69, 9.17) is 47.9 Å². The smallest absolute Gasteiger partial charge is 0.407 e. The maximum atomic E-state index is 13.2. The third-order valence-electron chi connectivity index (χ3n) is 20.4. The van der Waals surface area contributed by atoms with E-state index in [1.165, 1.54) is 48.5 Å². The Kier molecular flexibility index (Phi) is 46.9. The Morgan fingerprint density at radius 2 is 0.687 bits per heavy atom. The first kappa shape index (κ1) is 115. The molecule has 728 valence electrons. The van der Waals surface area contributed by atoms with Crippen LogP contribution in [0.1, 0.15) is 186 Å². The first-order valence-electron chi connectivity index (χ1n) is 43.8. The lowest BCUT2D eigenvalue weighted by molar-refractivity contribution is -0.415. The van der Waals surface area contributed by atoms with Gasteiger partial charge in [-0.15, -0.1) is 23.2 Å². The number of esters is 1. The second-order valence-electron chi connectivity index (χ2n) is 36.1. The lowest BCUT2D eigenvalue weighted by atomic mass is 9.97. The molecule has 4 heterocycles. The molecular formula is C101H132Cl4F4N14O11. The monoisotopic (exact) mass is 1930 g/mol. The zero-order chi connectivity index (χ0) is 95.2. The lowest BCUT2D eigenvalue weighted by Gasteiger charge is -2.24. The third kappa shape index (κ3) is 40.0. The molecule has 0 saturated heterocycles. The molecule has 23 N–H and O–H groups in total. The standard InChI is InChI=1S/C27H34FN3O3.2C21H23ClFN3O.C17H34N2O4.C15H10FNO2.2ClH.2H3N/c1-17(6-7-18(2)30-26(33)34-27(3,4)5)16-29-25(32)24-15-21-9-8-20(14-23(21)31-24)19-10-12-22(28)13-11-19;2*1-13(24)2-7-17(22)12-25-21(27)20-11-16-4-3-15(10-19(16)26-20)14-5-8-18(23)9-6-14;1-12(19-15(21)23-17(5,6)7)8-9-13(11-18)10-14(20)22-16(2,3)4;16-13-5-3-10(4-6-13)11-1-2-12-8-15(19-9-18)17-14(12)7-11;;;;/h8-15,17-18,31H,6-7,16H2,1-5H3,(H,29,32)(H,30,33);2*3-6,8-11,13,17,26H,2,7,12,24H2,1H3,(H,25,27);12-13H,8-11,18H2,1-7H3,(H,19,21);1-9,17H;2*1H;2*1H3/t17-,18?;2*13?,17-;12?,13-;;;;;/m0001...../s1. The summed E-state index contributed by atoms with van der Waals surface area (Å²) in [5, 5.41) is 17.9. The number of aromatic nitrogens is 4. The van der Waals surface area contributed by atoms with Crippen LogP contribution in [0.2, 0.25) is 0 Å². The number of halogens is 8. The molecule has 8 aromatic carbocycles. The SMILES string of the molecule is CC(CC[C@@H](CN)CC(=O)OC(C)(C)C)NC(=O)OC(C)(C)C.CC(CC[C@H](C)CNC(=O)c1cc2ccc(-c3ccc(F)cc3)cc2[nH]1)NC(=O)OC(C)(C)C.CC([NH3+])CC[C@H](Cl)CNC(=O)c1cc2ccc(-c3ccc(F)cc3)cc2[nH]1.CC([NH3+])CC[C@H](Cl)CNC(=O)c1cc2ccc(-c3ccc(F)cc3)cc2[nH]1.N.N.O=COc1cc2ccc(-c3ccc(F)cc3)cc2[nH]1.[Cl-].[Cl-]. The molecule has 4 aromatic heterocycles. The number of H-pyrrole nitrogens is 4. The normalized spacial score (nSPS) is 12.9. The summed E-state index contributed by atoms with van der Waals surface area (Å²) in [6.07, 6.45) is 6.07. The summed E-state index contributed by atoms with van der Waals surface area (Å²) >= 11 is 12.5. The topological polar surface area (TPSA) is 431 Å². The molecule has 0 aliphatic carbocycles. The quantitative estimate of drug-likeness (QED) is 0.00613. The Morgan fingerprint density at radius 1 is 0.396 bits per heavy atom.